The molecule has 0 aromatic carbocycles. The lowest BCUT2D eigenvalue weighted by Gasteiger charge is -2.24. The Morgan fingerprint density at radius 2 is 1.79 bits per heavy atom. The van der Waals surface area contributed by atoms with Gasteiger partial charge in [-0.15, -0.1) is 0 Å². The molecular formula is C18H16Br2N4. The van der Waals surface area contributed by atoms with Crippen LogP contribution in [-0.4, -0.2) is 15.0 Å². The highest BCUT2D eigenvalue weighted by atomic mass is 79.9. The average Bonchev–Trinajstić information content (AvgIpc) is 2.57. The van der Waals surface area contributed by atoms with Gasteiger partial charge in [-0.05, 0) is 76.0 Å². The van der Waals surface area contributed by atoms with Gasteiger partial charge in [-0.3, -0.25) is 4.98 Å². The standard InChI is InChI=1S/C18H16Br2N4/c1-12-6-5-7-14(22-12)11-24(16-8-3-4-9-21-16)18-17(20)15(19)10-13(2)23-18/h3-10H,11H2,1-2H3. The van der Waals surface area contributed by atoms with E-state index in [4.69, 9.17) is 4.98 Å². The Balaban J connectivity index is 2.09. The first kappa shape index (κ1) is 17.0. The van der Waals surface area contributed by atoms with E-state index in [-0.39, 0.29) is 0 Å². The van der Waals surface area contributed by atoms with Gasteiger partial charge in [0.2, 0.25) is 0 Å². The number of hydrogen-bond acceptors (Lipinski definition) is 4. The molecule has 122 valence electrons. The van der Waals surface area contributed by atoms with Crippen molar-refractivity contribution >= 4 is 43.5 Å². The highest BCUT2D eigenvalue weighted by Gasteiger charge is 2.18. The number of anilines is 2. The zero-order chi connectivity index (χ0) is 17.1. The minimum atomic E-state index is 0.584. The van der Waals surface area contributed by atoms with E-state index in [9.17, 15) is 0 Å². The summed E-state index contributed by atoms with van der Waals surface area (Å²) in [6, 6.07) is 13.9. The molecule has 3 rings (SSSR count). The van der Waals surface area contributed by atoms with Crippen LogP contribution in [0.25, 0.3) is 0 Å². The van der Waals surface area contributed by atoms with E-state index in [0.29, 0.717) is 6.54 Å². The number of rotatable bonds is 4. The van der Waals surface area contributed by atoms with Gasteiger partial charge in [-0.2, -0.15) is 0 Å². The van der Waals surface area contributed by atoms with E-state index < -0.39 is 0 Å². The third-order valence-electron chi connectivity index (χ3n) is 3.47. The number of pyridine rings is 3. The summed E-state index contributed by atoms with van der Waals surface area (Å²) in [7, 11) is 0. The van der Waals surface area contributed by atoms with Crippen LogP contribution in [0, 0.1) is 13.8 Å². The molecule has 0 saturated carbocycles. The van der Waals surface area contributed by atoms with Gasteiger partial charge in [0.15, 0.2) is 0 Å². The van der Waals surface area contributed by atoms with Crippen LogP contribution in [0.3, 0.4) is 0 Å². The van der Waals surface area contributed by atoms with Crippen molar-refractivity contribution in [2.45, 2.75) is 20.4 Å². The first-order chi connectivity index (χ1) is 11.5. The SMILES string of the molecule is Cc1cccc(CN(c2ccccn2)c2nc(C)cc(Br)c2Br)n1. The normalized spacial score (nSPS) is 10.7. The Morgan fingerprint density at radius 3 is 2.50 bits per heavy atom. The lowest BCUT2D eigenvalue weighted by molar-refractivity contribution is 0.873. The van der Waals surface area contributed by atoms with Crippen molar-refractivity contribution in [1.82, 2.24) is 15.0 Å². The maximum atomic E-state index is 4.71. The predicted octanol–water partition coefficient (Wildman–Crippen LogP) is 5.35. The van der Waals surface area contributed by atoms with Gasteiger partial charge in [0.25, 0.3) is 0 Å². The van der Waals surface area contributed by atoms with E-state index in [0.717, 1.165) is 37.7 Å². The molecule has 4 nitrogen and oxygen atoms in total. The van der Waals surface area contributed by atoms with Crippen molar-refractivity contribution in [1.29, 1.82) is 0 Å². The van der Waals surface area contributed by atoms with Crippen LogP contribution in [0.15, 0.2) is 57.6 Å². The fraction of sp³-hybridized carbons (Fsp3) is 0.167. The van der Waals surface area contributed by atoms with Crippen LogP contribution < -0.4 is 4.90 Å². The summed E-state index contributed by atoms with van der Waals surface area (Å²) in [5.41, 5.74) is 2.89. The monoisotopic (exact) mass is 446 g/mol. The summed E-state index contributed by atoms with van der Waals surface area (Å²) < 4.78 is 1.86. The second-order valence-corrected chi connectivity index (χ2v) is 7.07. The molecule has 0 unspecified atom stereocenters. The molecular weight excluding hydrogens is 432 g/mol. The Labute approximate surface area is 158 Å². The van der Waals surface area contributed by atoms with E-state index in [2.05, 4.69) is 46.7 Å². The van der Waals surface area contributed by atoms with Crippen molar-refractivity contribution in [3.05, 3.63) is 74.7 Å². The third-order valence-corrected chi connectivity index (χ3v) is 5.41. The smallest absolute Gasteiger partial charge is 0.150 e. The molecule has 0 aliphatic carbocycles. The third kappa shape index (κ3) is 3.82. The van der Waals surface area contributed by atoms with Gasteiger partial charge in [0.05, 0.1) is 16.7 Å². The van der Waals surface area contributed by atoms with Crippen LogP contribution in [0.5, 0.6) is 0 Å². The van der Waals surface area contributed by atoms with E-state index in [1.165, 1.54) is 0 Å². The Kier molecular flexibility index (Phi) is 5.26. The highest BCUT2D eigenvalue weighted by molar-refractivity contribution is 9.13. The Hall–Kier alpha value is -1.79. The minimum Gasteiger partial charge on any atom is -0.304 e. The summed E-state index contributed by atoms with van der Waals surface area (Å²) in [5.74, 6) is 1.63. The van der Waals surface area contributed by atoms with Crippen molar-refractivity contribution in [2.75, 3.05) is 4.90 Å². The second kappa shape index (κ2) is 7.40. The quantitative estimate of drug-likeness (QED) is 0.540. The molecule has 3 heterocycles. The number of aryl methyl sites for hydroxylation is 2. The lowest BCUT2D eigenvalue weighted by atomic mass is 10.2. The Bertz CT molecular complexity index is 853. The van der Waals surface area contributed by atoms with Gasteiger partial charge >= 0.3 is 0 Å². The number of halogens is 2. The molecule has 3 aromatic rings. The maximum absolute atomic E-state index is 4.71. The van der Waals surface area contributed by atoms with Crippen LogP contribution in [0.2, 0.25) is 0 Å². The topological polar surface area (TPSA) is 41.9 Å². The first-order valence-electron chi connectivity index (χ1n) is 7.48. The summed E-state index contributed by atoms with van der Waals surface area (Å²) in [6.45, 7) is 4.55. The molecule has 3 aromatic heterocycles. The van der Waals surface area contributed by atoms with Crippen molar-refractivity contribution in [3.8, 4) is 0 Å². The molecule has 0 N–H and O–H groups in total. The fourth-order valence-corrected chi connectivity index (χ4v) is 3.33. The van der Waals surface area contributed by atoms with Crippen LogP contribution in [0.4, 0.5) is 11.6 Å². The largest absolute Gasteiger partial charge is 0.304 e. The van der Waals surface area contributed by atoms with Gasteiger partial charge in [-0.1, -0.05) is 12.1 Å². The highest BCUT2D eigenvalue weighted by Crippen LogP contribution is 2.36. The van der Waals surface area contributed by atoms with Crippen molar-refractivity contribution < 1.29 is 0 Å². The average molecular weight is 448 g/mol. The lowest BCUT2D eigenvalue weighted by Crippen LogP contribution is -2.20. The summed E-state index contributed by atoms with van der Waals surface area (Å²) in [6.07, 6.45) is 1.78. The van der Waals surface area contributed by atoms with Crippen molar-refractivity contribution in [2.24, 2.45) is 0 Å². The molecule has 0 aliphatic heterocycles. The molecule has 6 heteroatoms. The zero-order valence-electron chi connectivity index (χ0n) is 13.4. The molecule has 0 fully saturated rings. The molecule has 0 aliphatic rings. The van der Waals surface area contributed by atoms with Crippen LogP contribution in [-0.2, 0) is 6.54 Å². The second-order valence-electron chi connectivity index (χ2n) is 5.43. The van der Waals surface area contributed by atoms with Crippen LogP contribution >= 0.6 is 31.9 Å². The summed E-state index contributed by atoms with van der Waals surface area (Å²) in [4.78, 5) is 15.9. The summed E-state index contributed by atoms with van der Waals surface area (Å²) >= 11 is 7.23. The van der Waals surface area contributed by atoms with Gasteiger partial charge in [0.1, 0.15) is 11.6 Å². The zero-order valence-corrected chi connectivity index (χ0v) is 16.5. The van der Waals surface area contributed by atoms with E-state index >= 15 is 0 Å². The van der Waals surface area contributed by atoms with Gasteiger partial charge < -0.3 is 4.90 Å². The van der Waals surface area contributed by atoms with E-state index in [1.54, 1.807) is 6.20 Å². The molecule has 0 radical (unpaired) electrons. The molecule has 0 atom stereocenters. The molecule has 0 bridgehead atoms. The summed E-state index contributed by atoms with van der Waals surface area (Å²) in [5, 5.41) is 0. The minimum absolute atomic E-state index is 0.584. The van der Waals surface area contributed by atoms with Gasteiger partial charge in [-0.25, -0.2) is 9.97 Å². The van der Waals surface area contributed by atoms with Crippen LogP contribution in [0.1, 0.15) is 17.1 Å². The van der Waals surface area contributed by atoms with E-state index in [1.807, 2.05) is 56.3 Å². The van der Waals surface area contributed by atoms with Crippen molar-refractivity contribution in [3.63, 3.8) is 0 Å². The molecule has 0 saturated heterocycles. The first-order valence-corrected chi connectivity index (χ1v) is 9.07. The predicted molar refractivity (Wildman–Crippen MR) is 103 cm³/mol. The maximum Gasteiger partial charge on any atom is 0.150 e. The Morgan fingerprint density at radius 1 is 0.958 bits per heavy atom. The molecule has 0 amide bonds. The molecule has 0 spiro atoms. The number of nitrogens with zero attached hydrogens (tertiary/aromatic N) is 4. The number of hydrogen-bond donors (Lipinski definition) is 0. The van der Waals surface area contributed by atoms with Gasteiger partial charge in [0, 0.05) is 22.1 Å². The number of aromatic nitrogens is 3. The molecule has 24 heavy (non-hydrogen) atoms. The fourth-order valence-electron chi connectivity index (χ4n) is 2.41.